The van der Waals surface area contributed by atoms with E-state index in [1.165, 1.54) is 6.92 Å². The zero-order chi connectivity index (χ0) is 15.4. The minimum atomic E-state index is -1.05. The van der Waals surface area contributed by atoms with E-state index in [2.05, 4.69) is 5.32 Å². The Kier molecular flexibility index (Phi) is 4.42. The first-order valence-electron chi connectivity index (χ1n) is 6.59. The average molecular weight is 287 g/mol. The molecule has 0 heterocycles. The fourth-order valence-corrected chi connectivity index (χ4v) is 2.12. The number of carboxylic acid groups (broad SMARTS) is 1. The normalized spacial score (nSPS) is 11.9. The average Bonchev–Trinajstić information content (AvgIpc) is 2.46. The second-order valence-corrected chi connectivity index (χ2v) is 4.81. The number of ether oxygens (including phenoxy) is 1. The fraction of sp³-hybridized carbons (Fsp3) is 0.250. The van der Waals surface area contributed by atoms with E-state index in [1.807, 2.05) is 36.4 Å². The zero-order valence-electron chi connectivity index (χ0n) is 11.9. The van der Waals surface area contributed by atoms with Gasteiger partial charge in [-0.3, -0.25) is 9.59 Å². The van der Waals surface area contributed by atoms with Crippen molar-refractivity contribution in [1.29, 1.82) is 0 Å². The number of methoxy groups -OCH3 is 1. The van der Waals surface area contributed by atoms with Gasteiger partial charge in [0, 0.05) is 0 Å². The maximum atomic E-state index is 11.9. The quantitative estimate of drug-likeness (QED) is 0.881. The number of nitrogens with one attached hydrogen (secondary N) is 1. The molecule has 0 aliphatic rings. The van der Waals surface area contributed by atoms with Crippen LogP contribution in [0.25, 0.3) is 10.8 Å². The molecule has 2 N–H and O–H groups in total. The number of amides is 1. The van der Waals surface area contributed by atoms with Gasteiger partial charge in [0.15, 0.2) is 0 Å². The van der Waals surface area contributed by atoms with E-state index in [0.29, 0.717) is 5.75 Å². The van der Waals surface area contributed by atoms with E-state index in [1.54, 1.807) is 7.11 Å². The number of rotatable bonds is 5. The summed E-state index contributed by atoms with van der Waals surface area (Å²) in [6, 6.07) is 10.4. The second kappa shape index (κ2) is 6.26. The molecule has 0 aliphatic heterocycles. The standard InChI is InChI=1S/C16H17NO4/c1-10(16(19)20)17-15(18)8-12-5-3-4-11-6-7-13(21-2)9-14(11)12/h3-7,9-10H,8H2,1-2H3,(H,17,18)(H,19,20)/t10-/m1/s1. The van der Waals surface area contributed by atoms with Crippen LogP contribution in [0.2, 0.25) is 0 Å². The maximum absolute atomic E-state index is 11.9. The van der Waals surface area contributed by atoms with Gasteiger partial charge in [-0.25, -0.2) is 0 Å². The first-order chi connectivity index (χ1) is 10.0. The van der Waals surface area contributed by atoms with E-state index in [9.17, 15) is 9.59 Å². The molecule has 110 valence electrons. The number of fused-ring (bicyclic) bond motifs is 1. The number of hydrogen-bond donors (Lipinski definition) is 2. The summed E-state index contributed by atoms with van der Waals surface area (Å²) in [7, 11) is 1.59. The van der Waals surface area contributed by atoms with Gasteiger partial charge < -0.3 is 15.2 Å². The minimum absolute atomic E-state index is 0.127. The predicted molar refractivity (Wildman–Crippen MR) is 79.4 cm³/mol. The molecule has 5 nitrogen and oxygen atoms in total. The molecule has 0 aliphatic carbocycles. The third-order valence-corrected chi connectivity index (χ3v) is 3.28. The van der Waals surface area contributed by atoms with Gasteiger partial charge in [-0.05, 0) is 35.4 Å². The van der Waals surface area contributed by atoms with Gasteiger partial charge in [0.1, 0.15) is 11.8 Å². The van der Waals surface area contributed by atoms with Crippen LogP contribution in [0.15, 0.2) is 36.4 Å². The van der Waals surface area contributed by atoms with Crippen LogP contribution in [0.5, 0.6) is 5.75 Å². The number of carbonyl (C=O) groups excluding carboxylic acids is 1. The van der Waals surface area contributed by atoms with Crippen LogP contribution in [0.1, 0.15) is 12.5 Å². The molecule has 0 bridgehead atoms. The van der Waals surface area contributed by atoms with Crippen LogP contribution in [0.4, 0.5) is 0 Å². The Bertz CT molecular complexity index is 681. The summed E-state index contributed by atoms with van der Waals surface area (Å²) < 4.78 is 5.20. The molecule has 2 aromatic rings. The van der Waals surface area contributed by atoms with Gasteiger partial charge in [0.25, 0.3) is 0 Å². The molecule has 0 fully saturated rings. The molecule has 2 aromatic carbocycles. The van der Waals surface area contributed by atoms with Crippen molar-refractivity contribution >= 4 is 22.6 Å². The van der Waals surface area contributed by atoms with Crippen molar-refractivity contribution in [1.82, 2.24) is 5.32 Å². The minimum Gasteiger partial charge on any atom is -0.497 e. The predicted octanol–water partition coefficient (Wildman–Crippen LogP) is 1.98. The lowest BCUT2D eigenvalue weighted by Gasteiger charge is -2.11. The number of aliphatic carboxylic acids is 1. The maximum Gasteiger partial charge on any atom is 0.325 e. The van der Waals surface area contributed by atoms with Crippen LogP contribution < -0.4 is 10.1 Å². The van der Waals surface area contributed by atoms with E-state index >= 15 is 0 Å². The van der Waals surface area contributed by atoms with Crippen LogP contribution >= 0.6 is 0 Å². The van der Waals surface area contributed by atoms with E-state index in [4.69, 9.17) is 9.84 Å². The molecule has 0 unspecified atom stereocenters. The first kappa shape index (κ1) is 14.8. The lowest BCUT2D eigenvalue weighted by molar-refractivity contribution is -0.141. The van der Waals surface area contributed by atoms with Crippen LogP contribution in [-0.2, 0) is 16.0 Å². The Morgan fingerprint density at radius 1 is 1.29 bits per heavy atom. The summed E-state index contributed by atoms with van der Waals surface area (Å²) in [5.74, 6) is -0.655. The number of carbonyl (C=O) groups is 2. The van der Waals surface area contributed by atoms with E-state index < -0.39 is 12.0 Å². The monoisotopic (exact) mass is 287 g/mol. The molecule has 1 amide bonds. The third-order valence-electron chi connectivity index (χ3n) is 3.28. The van der Waals surface area contributed by atoms with Crippen molar-refractivity contribution in [3.8, 4) is 5.75 Å². The summed E-state index contributed by atoms with van der Waals surface area (Å²) in [5, 5.41) is 13.2. The van der Waals surface area contributed by atoms with Gasteiger partial charge in [-0.15, -0.1) is 0 Å². The summed E-state index contributed by atoms with van der Waals surface area (Å²) >= 11 is 0. The summed E-state index contributed by atoms with van der Waals surface area (Å²) in [4.78, 5) is 22.7. The van der Waals surface area contributed by atoms with Crippen LogP contribution in [0.3, 0.4) is 0 Å². The molecule has 0 aromatic heterocycles. The fourth-order valence-electron chi connectivity index (χ4n) is 2.12. The molecule has 0 saturated heterocycles. The van der Waals surface area contributed by atoms with E-state index in [-0.39, 0.29) is 12.3 Å². The molecule has 1 atom stereocenters. The Hall–Kier alpha value is -2.56. The van der Waals surface area contributed by atoms with Gasteiger partial charge in [0.2, 0.25) is 5.91 Å². The van der Waals surface area contributed by atoms with Crippen molar-refractivity contribution in [3.05, 3.63) is 42.0 Å². The summed E-state index contributed by atoms with van der Waals surface area (Å²) in [6.07, 6.45) is 0.127. The Balaban J connectivity index is 2.25. The molecule has 0 spiro atoms. The molecule has 0 radical (unpaired) electrons. The van der Waals surface area contributed by atoms with Gasteiger partial charge >= 0.3 is 5.97 Å². The van der Waals surface area contributed by atoms with Gasteiger partial charge in [-0.2, -0.15) is 0 Å². The van der Waals surface area contributed by atoms with Crippen molar-refractivity contribution in [2.24, 2.45) is 0 Å². The van der Waals surface area contributed by atoms with Crippen molar-refractivity contribution in [2.45, 2.75) is 19.4 Å². The highest BCUT2D eigenvalue weighted by atomic mass is 16.5. The highest BCUT2D eigenvalue weighted by Gasteiger charge is 2.15. The smallest absolute Gasteiger partial charge is 0.325 e. The largest absolute Gasteiger partial charge is 0.497 e. The SMILES string of the molecule is COc1ccc2cccc(CC(=O)N[C@H](C)C(=O)O)c2c1. The molecule has 5 heteroatoms. The van der Waals surface area contributed by atoms with Gasteiger partial charge in [0.05, 0.1) is 13.5 Å². The number of hydrogen-bond acceptors (Lipinski definition) is 3. The van der Waals surface area contributed by atoms with E-state index in [0.717, 1.165) is 16.3 Å². The highest BCUT2D eigenvalue weighted by molar-refractivity contribution is 5.92. The van der Waals surface area contributed by atoms with Crippen molar-refractivity contribution in [2.75, 3.05) is 7.11 Å². The lowest BCUT2D eigenvalue weighted by Crippen LogP contribution is -2.39. The van der Waals surface area contributed by atoms with Crippen molar-refractivity contribution < 1.29 is 19.4 Å². The van der Waals surface area contributed by atoms with Crippen LogP contribution in [0, 0.1) is 0 Å². The number of carboxylic acids is 1. The van der Waals surface area contributed by atoms with Gasteiger partial charge in [-0.1, -0.05) is 24.3 Å². The van der Waals surface area contributed by atoms with Crippen molar-refractivity contribution in [3.63, 3.8) is 0 Å². The summed E-state index contributed by atoms with van der Waals surface area (Å²) in [6.45, 7) is 1.44. The third kappa shape index (κ3) is 3.51. The number of benzene rings is 2. The Morgan fingerprint density at radius 2 is 2.05 bits per heavy atom. The lowest BCUT2D eigenvalue weighted by atomic mass is 10.0. The molecule has 0 saturated carbocycles. The molecule has 2 rings (SSSR count). The molecule has 21 heavy (non-hydrogen) atoms. The summed E-state index contributed by atoms with van der Waals surface area (Å²) in [5.41, 5.74) is 0.835. The first-order valence-corrected chi connectivity index (χ1v) is 6.59. The topological polar surface area (TPSA) is 75.6 Å². The zero-order valence-corrected chi connectivity index (χ0v) is 11.9. The molecular weight excluding hydrogens is 270 g/mol. The highest BCUT2D eigenvalue weighted by Crippen LogP contribution is 2.24. The second-order valence-electron chi connectivity index (χ2n) is 4.81. The molecular formula is C16H17NO4. The Labute approximate surface area is 122 Å². The Morgan fingerprint density at radius 3 is 2.71 bits per heavy atom. The van der Waals surface area contributed by atoms with Crippen LogP contribution in [-0.4, -0.2) is 30.1 Å².